The number of rotatable bonds is 5. The summed E-state index contributed by atoms with van der Waals surface area (Å²) in [4.78, 5) is 18.7. The first kappa shape index (κ1) is 18.7. The maximum Gasteiger partial charge on any atom is 0.254 e. The highest BCUT2D eigenvalue weighted by molar-refractivity contribution is 7.10. The molecule has 1 saturated carbocycles. The Hall–Kier alpha value is -1.66. The second kappa shape index (κ2) is 6.74. The van der Waals surface area contributed by atoms with Crippen LogP contribution in [0.1, 0.15) is 58.1 Å². The Balaban J connectivity index is 1.43. The van der Waals surface area contributed by atoms with E-state index in [1.807, 2.05) is 25.8 Å². The summed E-state index contributed by atoms with van der Waals surface area (Å²) >= 11 is 1.73. The fourth-order valence-corrected chi connectivity index (χ4v) is 5.27. The number of thiophene rings is 1. The number of carbonyl (C=O) groups excluding carboxylic acids is 1. The minimum absolute atomic E-state index is 0.189. The van der Waals surface area contributed by atoms with Crippen molar-refractivity contribution in [2.75, 3.05) is 20.1 Å². The maximum absolute atomic E-state index is 13.0. The Kier molecular flexibility index (Phi) is 4.67. The Morgan fingerprint density at radius 1 is 1.44 bits per heavy atom. The van der Waals surface area contributed by atoms with Gasteiger partial charge in [-0.3, -0.25) is 9.69 Å². The van der Waals surface area contributed by atoms with Gasteiger partial charge in [-0.1, -0.05) is 19.0 Å². The van der Waals surface area contributed by atoms with Crippen molar-refractivity contribution in [3.63, 3.8) is 0 Å². The third kappa shape index (κ3) is 3.57. The van der Waals surface area contributed by atoms with Gasteiger partial charge in [-0.05, 0) is 43.6 Å². The first-order valence-electron chi connectivity index (χ1n) is 9.75. The smallest absolute Gasteiger partial charge is 0.254 e. The van der Waals surface area contributed by atoms with Gasteiger partial charge >= 0.3 is 0 Å². The fourth-order valence-electron chi connectivity index (χ4n) is 4.15. The van der Waals surface area contributed by atoms with Gasteiger partial charge in [0.15, 0.2) is 0 Å². The first-order valence-corrected chi connectivity index (χ1v) is 10.6. The van der Waals surface area contributed by atoms with Gasteiger partial charge in [0.25, 0.3) is 5.91 Å². The zero-order valence-electron chi connectivity index (χ0n) is 17.0. The van der Waals surface area contributed by atoms with Crippen molar-refractivity contribution in [1.29, 1.82) is 0 Å². The Labute approximate surface area is 165 Å². The fraction of sp³-hybridized carbons (Fsp3) is 0.619. The van der Waals surface area contributed by atoms with Crippen LogP contribution in [-0.4, -0.2) is 41.0 Å². The highest BCUT2D eigenvalue weighted by Gasteiger charge is 2.46. The molecular formula is C21H29N3O2S. The summed E-state index contributed by atoms with van der Waals surface area (Å²) in [6, 6.07) is 0. The summed E-state index contributed by atoms with van der Waals surface area (Å²) in [5.41, 5.74) is 4.76. The van der Waals surface area contributed by atoms with Gasteiger partial charge in [-0.15, -0.1) is 11.3 Å². The highest BCUT2D eigenvalue weighted by Crippen LogP contribution is 2.51. The molecule has 146 valence electrons. The Morgan fingerprint density at radius 3 is 2.81 bits per heavy atom. The van der Waals surface area contributed by atoms with Crippen LogP contribution in [0.5, 0.6) is 0 Å². The van der Waals surface area contributed by atoms with Crippen LogP contribution in [0, 0.1) is 25.2 Å². The number of hydrogen-bond acceptors (Lipinski definition) is 5. The summed E-state index contributed by atoms with van der Waals surface area (Å²) in [6.45, 7) is 12.1. The number of nitrogens with zero attached hydrogens (tertiary/aromatic N) is 3. The minimum atomic E-state index is 0.189. The average Bonchev–Trinajstić information content (AvgIpc) is 2.95. The van der Waals surface area contributed by atoms with E-state index < -0.39 is 0 Å². The molecule has 0 N–H and O–H groups in total. The van der Waals surface area contributed by atoms with E-state index in [2.05, 4.69) is 29.3 Å². The summed E-state index contributed by atoms with van der Waals surface area (Å²) in [5.74, 6) is 1.74. The van der Waals surface area contributed by atoms with Crippen LogP contribution in [0.3, 0.4) is 0 Å². The Morgan fingerprint density at radius 2 is 2.19 bits per heavy atom. The first-order chi connectivity index (χ1) is 12.8. The molecule has 2 aliphatic rings. The van der Waals surface area contributed by atoms with E-state index in [0.717, 1.165) is 49.6 Å². The summed E-state index contributed by atoms with van der Waals surface area (Å²) in [7, 11) is 1.95. The predicted molar refractivity (Wildman–Crippen MR) is 107 cm³/mol. The third-order valence-electron chi connectivity index (χ3n) is 6.38. The van der Waals surface area contributed by atoms with Gasteiger partial charge in [0.1, 0.15) is 5.76 Å². The molecule has 1 fully saturated rings. The van der Waals surface area contributed by atoms with Crippen molar-refractivity contribution in [3.8, 4) is 0 Å². The molecule has 1 aliphatic carbocycles. The lowest BCUT2D eigenvalue weighted by Gasteiger charge is -2.27. The number of aromatic nitrogens is 1. The zero-order valence-corrected chi connectivity index (χ0v) is 17.8. The molecule has 0 radical (unpaired) electrons. The molecule has 6 heteroatoms. The topological polar surface area (TPSA) is 49.6 Å². The highest BCUT2D eigenvalue weighted by atomic mass is 32.1. The number of carbonyl (C=O) groups is 1. The molecule has 2 aromatic heterocycles. The molecule has 3 heterocycles. The zero-order chi connectivity index (χ0) is 19.3. The molecule has 0 saturated heterocycles. The largest absolute Gasteiger partial charge is 0.361 e. The van der Waals surface area contributed by atoms with Crippen LogP contribution in [0.2, 0.25) is 0 Å². The molecule has 1 atom stereocenters. The van der Waals surface area contributed by atoms with Gasteiger partial charge in [-0.25, -0.2) is 0 Å². The molecule has 2 aromatic rings. The molecule has 5 nitrogen and oxygen atoms in total. The summed E-state index contributed by atoms with van der Waals surface area (Å²) < 4.78 is 5.30. The van der Waals surface area contributed by atoms with Crippen molar-refractivity contribution in [3.05, 3.63) is 38.4 Å². The molecule has 0 bridgehead atoms. The lowest BCUT2D eigenvalue weighted by Crippen LogP contribution is -2.33. The lowest BCUT2D eigenvalue weighted by atomic mass is 10.0. The molecule has 0 spiro atoms. The average molecular weight is 388 g/mol. The van der Waals surface area contributed by atoms with Gasteiger partial charge in [0, 0.05) is 49.0 Å². The molecular weight excluding hydrogens is 358 g/mol. The van der Waals surface area contributed by atoms with Gasteiger partial charge in [0.05, 0.1) is 11.3 Å². The summed E-state index contributed by atoms with van der Waals surface area (Å²) in [6.07, 6.45) is 2.16. The van der Waals surface area contributed by atoms with Gasteiger partial charge < -0.3 is 9.42 Å². The monoisotopic (exact) mass is 387 g/mol. The second-order valence-corrected chi connectivity index (χ2v) is 9.85. The number of aryl methyl sites for hydroxylation is 2. The predicted octanol–water partition coefficient (Wildman–Crippen LogP) is 4.03. The number of hydrogen-bond donors (Lipinski definition) is 0. The maximum atomic E-state index is 13.0. The lowest BCUT2D eigenvalue weighted by molar-refractivity contribution is 0.0783. The second-order valence-electron chi connectivity index (χ2n) is 8.89. The van der Waals surface area contributed by atoms with E-state index in [4.69, 9.17) is 4.52 Å². The van der Waals surface area contributed by atoms with Crippen LogP contribution in [-0.2, 0) is 19.5 Å². The molecule has 1 aliphatic heterocycles. The van der Waals surface area contributed by atoms with E-state index >= 15 is 0 Å². The molecule has 1 amide bonds. The molecule has 4 rings (SSSR count). The van der Waals surface area contributed by atoms with E-state index in [1.54, 1.807) is 11.3 Å². The Bertz CT molecular complexity index is 847. The molecule has 1 unspecified atom stereocenters. The molecule has 0 aromatic carbocycles. The standard InChI is InChI=1S/C21H29N3O2S/c1-13-17(14(2)26-22-13)10-24-7-6-16-18(12-27-19(16)11-24)20(25)23(5)9-15-8-21(15,3)4/h12,15H,6-11H2,1-5H3. The van der Waals surface area contributed by atoms with Crippen molar-refractivity contribution >= 4 is 17.2 Å². The van der Waals surface area contributed by atoms with Crippen LogP contribution in [0.4, 0.5) is 0 Å². The number of amides is 1. The van der Waals surface area contributed by atoms with Crippen LogP contribution in [0.15, 0.2) is 9.90 Å². The van der Waals surface area contributed by atoms with Crippen LogP contribution < -0.4 is 0 Å². The number of fused-ring (bicyclic) bond motifs is 1. The normalized spacial score (nSPS) is 21.1. The summed E-state index contributed by atoms with van der Waals surface area (Å²) in [5, 5.41) is 6.13. The van der Waals surface area contributed by atoms with E-state index in [9.17, 15) is 4.79 Å². The van der Waals surface area contributed by atoms with Crippen molar-refractivity contribution in [2.24, 2.45) is 11.3 Å². The van der Waals surface area contributed by atoms with E-state index in [1.165, 1.54) is 22.4 Å². The molecule has 27 heavy (non-hydrogen) atoms. The van der Waals surface area contributed by atoms with E-state index in [0.29, 0.717) is 11.3 Å². The van der Waals surface area contributed by atoms with Crippen LogP contribution >= 0.6 is 11.3 Å². The van der Waals surface area contributed by atoms with Gasteiger partial charge in [-0.2, -0.15) is 0 Å². The van der Waals surface area contributed by atoms with Crippen LogP contribution in [0.25, 0.3) is 0 Å². The van der Waals surface area contributed by atoms with E-state index in [-0.39, 0.29) is 5.91 Å². The SMILES string of the molecule is Cc1noc(C)c1CN1CCc2c(C(=O)N(C)CC3CC3(C)C)csc2C1. The quantitative estimate of drug-likeness (QED) is 0.777. The third-order valence-corrected chi connectivity index (χ3v) is 7.39. The van der Waals surface area contributed by atoms with Gasteiger partial charge in [0.2, 0.25) is 0 Å². The van der Waals surface area contributed by atoms with Crippen molar-refractivity contribution < 1.29 is 9.32 Å². The van der Waals surface area contributed by atoms with Crippen molar-refractivity contribution in [2.45, 2.75) is 53.6 Å². The van der Waals surface area contributed by atoms with Crippen molar-refractivity contribution in [1.82, 2.24) is 15.0 Å². The minimum Gasteiger partial charge on any atom is -0.361 e.